The van der Waals surface area contributed by atoms with Crippen molar-refractivity contribution in [3.63, 3.8) is 0 Å². The topological polar surface area (TPSA) is 115 Å². The fourth-order valence-corrected chi connectivity index (χ4v) is 4.53. The Labute approximate surface area is 204 Å². The van der Waals surface area contributed by atoms with Gasteiger partial charge in [0.2, 0.25) is 5.91 Å². The van der Waals surface area contributed by atoms with E-state index >= 15 is 0 Å². The molecule has 3 rings (SSSR count). The number of hydrogen-bond acceptors (Lipinski definition) is 6. The van der Waals surface area contributed by atoms with E-state index in [0.717, 1.165) is 12.8 Å². The minimum Gasteiger partial charge on any atom is -0.480 e. The lowest BCUT2D eigenvalue weighted by Gasteiger charge is -2.24. The summed E-state index contributed by atoms with van der Waals surface area (Å²) in [7, 11) is 0. The SMILES string of the molecule is O=C(CCC(=S)N1CCC[C@@H]1C(=O)O)c1ccccc1.O=C(O)[C@H]1CCCN1C(=O)CCS. The summed E-state index contributed by atoms with van der Waals surface area (Å²) in [6.45, 7) is 1.25. The lowest BCUT2D eigenvalue weighted by Crippen LogP contribution is -2.40. The predicted octanol–water partition coefficient (Wildman–Crippen LogP) is 2.91. The molecular formula is C23H30N2O6S2. The molecule has 2 aliphatic heterocycles. The second kappa shape index (κ2) is 13.3. The minimum absolute atomic E-state index is 0.0408. The van der Waals surface area contributed by atoms with Crippen molar-refractivity contribution >= 4 is 53.5 Å². The maximum Gasteiger partial charge on any atom is 0.326 e. The molecule has 180 valence electrons. The van der Waals surface area contributed by atoms with Crippen LogP contribution < -0.4 is 0 Å². The van der Waals surface area contributed by atoms with Crippen LogP contribution in [-0.4, -0.2) is 79.6 Å². The average Bonchev–Trinajstić information content (AvgIpc) is 3.48. The quantitative estimate of drug-likeness (QED) is 0.287. The molecule has 2 fully saturated rings. The largest absolute Gasteiger partial charge is 0.480 e. The van der Waals surface area contributed by atoms with Crippen LogP contribution in [0.5, 0.6) is 0 Å². The number of amides is 1. The Morgan fingerprint density at radius 3 is 1.97 bits per heavy atom. The summed E-state index contributed by atoms with van der Waals surface area (Å²) < 4.78 is 0. The van der Waals surface area contributed by atoms with Crippen molar-refractivity contribution in [3.05, 3.63) is 35.9 Å². The van der Waals surface area contributed by atoms with Crippen LogP contribution in [0, 0.1) is 0 Å². The third-order valence-electron chi connectivity index (χ3n) is 5.70. The number of carbonyl (C=O) groups excluding carboxylic acids is 2. The number of carbonyl (C=O) groups is 4. The van der Waals surface area contributed by atoms with E-state index in [1.807, 2.05) is 18.2 Å². The van der Waals surface area contributed by atoms with Gasteiger partial charge in [0.15, 0.2) is 5.78 Å². The fourth-order valence-electron chi connectivity index (χ4n) is 4.02. The molecule has 0 bridgehead atoms. The van der Waals surface area contributed by atoms with Crippen LogP contribution in [-0.2, 0) is 14.4 Å². The number of carboxylic acid groups (broad SMARTS) is 2. The number of thiocarbonyl (C=S) groups is 1. The Bertz CT molecular complexity index is 864. The predicted molar refractivity (Wildman–Crippen MR) is 131 cm³/mol. The summed E-state index contributed by atoms with van der Waals surface area (Å²) in [6, 6.07) is 7.95. The van der Waals surface area contributed by atoms with Gasteiger partial charge in [-0.3, -0.25) is 9.59 Å². The molecular weight excluding hydrogens is 464 g/mol. The van der Waals surface area contributed by atoms with E-state index in [1.54, 1.807) is 17.0 Å². The standard InChI is InChI=1S/C15H17NO3S.C8H13NO3S/c17-13(11-5-2-1-3-6-11)8-9-14(20)16-10-4-7-12(16)15(18)19;10-7(3-5-13)9-4-1-2-6(9)8(11)12/h1-3,5-6,12H,4,7-10H2,(H,18,19);6,13H,1-5H2,(H,11,12)/t12-;6-/m11/s1. The smallest absolute Gasteiger partial charge is 0.326 e. The van der Waals surface area contributed by atoms with Crippen LogP contribution in [0.3, 0.4) is 0 Å². The van der Waals surface area contributed by atoms with Crippen molar-refractivity contribution in [3.8, 4) is 0 Å². The number of nitrogens with zero attached hydrogens (tertiary/aromatic N) is 2. The maximum atomic E-state index is 12.0. The van der Waals surface area contributed by atoms with Crippen LogP contribution in [0.15, 0.2) is 30.3 Å². The normalized spacial score (nSPS) is 19.5. The van der Waals surface area contributed by atoms with Crippen LogP contribution in [0.2, 0.25) is 0 Å². The summed E-state index contributed by atoms with van der Waals surface area (Å²) in [6.07, 6.45) is 3.92. The highest BCUT2D eigenvalue weighted by atomic mass is 32.1. The van der Waals surface area contributed by atoms with Gasteiger partial charge in [0.1, 0.15) is 12.1 Å². The molecule has 2 N–H and O–H groups in total. The Kier molecular flexibility index (Phi) is 10.8. The van der Waals surface area contributed by atoms with Gasteiger partial charge in [-0.25, -0.2) is 9.59 Å². The van der Waals surface area contributed by atoms with Crippen LogP contribution in [0.4, 0.5) is 0 Å². The molecule has 0 spiro atoms. The summed E-state index contributed by atoms with van der Waals surface area (Å²) in [5.41, 5.74) is 0.673. The number of rotatable bonds is 8. The van der Waals surface area contributed by atoms with Gasteiger partial charge in [0.25, 0.3) is 0 Å². The van der Waals surface area contributed by atoms with Gasteiger partial charge in [0, 0.05) is 37.9 Å². The molecule has 10 heteroatoms. The van der Waals surface area contributed by atoms with E-state index in [4.69, 9.17) is 22.4 Å². The Morgan fingerprint density at radius 1 is 0.879 bits per heavy atom. The fraction of sp³-hybridized carbons (Fsp3) is 0.522. The van der Waals surface area contributed by atoms with E-state index in [2.05, 4.69) is 12.6 Å². The molecule has 0 saturated carbocycles. The Hall–Kier alpha value is -2.46. The van der Waals surface area contributed by atoms with Crippen LogP contribution >= 0.6 is 24.8 Å². The van der Waals surface area contributed by atoms with Crippen molar-refractivity contribution in [1.29, 1.82) is 0 Å². The highest BCUT2D eigenvalue weighted by molar-refractivity contribution is 7.80. The van der Waals surface area contributed by atoms with Gasteiger partial charge in [-0.05, 0) is 31.4 Å². The van der Waals surface area contributed by atoms with Crippen LogP contribution in [0.25, 0.3) is 0 Å². The van der Waals surface area contributed by atoms with Crippen molar-refractivity contribution in [1.82, 2.24) is 9.80 Å². The van der Waals surface area contributed by atoms with Gasteiger partial charge >= 0.3 is 11.9 Å². The zero-order chi connectivity index (χ0) is 24.4. The molecule has 2 atom stereocenters. The Balaban J connectivity index is 0.000000257. The van der Waals surface area contributed by atoms with E-state index < -0.39 is 24.0 Å². The van der Waals surface area contributed by atoms with Crippen LogP contribution in [0.1, 0.15) is 55.3 Å². The first-order valence-electron chi connectivity index (χ1n) is 11.0. The van der Waals surface area contributed by atoms with Gasteiger partial charge in [0.05, 0.1) is 4.99 Å². The molecule has 2 heterocycles. The summed E-state index contributed by atoms with van der Waals surface area (Å²) in [5, 5.41) is 17.9. The first-order valence-corrected chi connectivity index (χ1v) is 12.0. The third kappa shape index (κ3) is 7.82. The first-order chi connectivity index (χ1) is 15.8. The molecule has 33 heavy (non-hydrogen) atoms. The van der Waals surface area contributed by atoms with E-state index in [1.165, 1.54) is 4.90 Å². The average molecular weight is 495 g/mol. The lowest BCUT2D eigenvalue weighted by atomic mass is 10.1. The van der Waals surface area contributed by atoms with E-state index in [9.17, 15) is 19.2 Å². The van der Waals surface area contributed by atoms with Crippen molar-refractivity contribution in [2.75, 3.05) is 18.8 Å². The molecule has 2 saturated heterocycles. The van der Waals surface area contributed by atoms with Gasteiger partial charge in [-0.15, -0.1) is 0 Å². The molecule has 0 unspecified atom stereocenters. The highest BCUT2D eigenvalue weighted by Crippen LogP contribution is 2.20. The zero-order valence-corrected chi connectivity index (χ0v) is 20.1. The molecule has 8 nitrogen and oxygen atoms in total. The molecule has 1 aromatic carbocycles. The minimum atomic E-state index is -0.898. The Morgan fingerprint density at radius 2 is 1.42 bits per heavy atom. The number of aliphatic carboxylic acids is 2. The monoisotopic (exact) mass is 494 g/mol. The highest BCUT2D eigenvalue weighted by Gasteiger charge is 2.33. The summed E-state index contributed by atoms with van der Waals surface area (Å²) >= 11 is 9.23. The van der Waals surface area contributed by atoms with Gasteiger partial charge < -0.3 is 20.0 Å². The van der Waals surface area contributed by atoms with E-state index in [-0.39, 0.29) is 11.7 Å². The molecule has 1 amide bonds. The van der Waals surface area contributed by atoms with Crippen molar-refractivity contribution in [2.24, 2.45) is 0 Å². The maximum absolute atomic E-state index is 12.0. The van der Waals surface area contributed by atoms with Gasteiger partial charge in [-0.1, -0.05) is 42.5 Å². The number of carboxylic acids is 2. The van der Waals surface area contributed by atoms with Gasteiger partial charge in [-0.2, -0.15) is 12.6 Å². The number of thiol groups is 1. The molecule has 0 aliphatic carbocycles. The summed E-state index contributed by atoms with van der Waals surface area (Å²) in [5.74, 6) is -1.31. The molecule has 0 aromatic heterocycles. The third-order valence-corrected chi connectivity index (χ3v) is 6.37. The van der Waals surface area contributed by atoms with Crippen molar-refractivity contribution < 1.29 is 29.4 Å². The second-order valence-electron chi connectivity index (χ2n) is 7.93. The van der Waals surface area contributed by atoms with Crippen molar-refractivity contribution in [2.45, 2.75) is 57.0 Å². The number of ketones is 1. The number of likely N-dealkylation sites (tertiary alicyclic amines) is 2. The summed E-state index contributed by atoms with van der Waals surface area (Å²) in [4.78, 5) is 48.9. The zero-order valence-electron chi connectivity index (χ0n) is 18.4. The van der Waals surface area contributed by atoms with E-state index in [0.29, 0.717) is 61.5 Å². The molecule has 2 aliphatic rings. The second-order valence-corrected chi connectivity index (χ2v) is 8.85. The lowest BCUT2D eigenvalue weighted by molar-refractivity contribution is -0.148. The number of Topliss-reactive ketones (excluding diaryl/α,β-unsaturated/α-hetero) is 1. The first kappa shape index (κ1) is 26.8. The molecule has 1 aromatic rings. The molecule has 0 radical (unpaired) electrons. The number of benzene rings is 1. The number of hydrogen-bond donors (Lipinski definition) is 3.